The van der Waals surface area contributed by atoms with Crippen molar-refractivity contribution < 1.29 is 9.90 Å². The van der Waals surface area contributed by atoms with Crippen molar-refractivity contribution in [2.45, 2.75) is 72.6 Å². The first-order chi connectivity index (χ1) is 8.60. The minimum atomic E-state index is -2.35. The number of carbonyl (C=O) groups excluding carboxylic acids is 1. The van der Waals surface area contributed by atoms with Gasteiger partial charge in [-0.15, -0.1) is 0 Å². The minimum absolute atomic E-state index is 1.01. The zero-order valence-electron chi connectivity index (χ0n) is 12.3. The number of unbranched alkanes of at least 4 members (excludes halogenated alkanes) is 3. The summed E-state index contributed by atoms with van der Waals surface area (Å²) in [5.41, 5.74) is 0. The summed E-state index contributed by atoms with van der Waals surface area (Å²) >= 11 is -2.35. The third-order valence-corrected chi connectivity index (χ3v) is 17.7. The molecule has 0 amide bonds. The molecule has 0 aliphatic heterocycles. The van der Waals surface area contributed by atoms with Crippen molar-refractivity contribution in [3.8, 4) is 0 Å². The van der Waals surface area contributed by atoms with Crippen molar-refractivity contribution in [1.82, 2.24) is 0 Å². The average Bonchev–Trinajstić information content (AvgIpc) is 2.37. The fourth-order valence-corrected chi connectivity index (χ4v) is 16.5. The van der Waals surface area contributed by atoms with Crippen LogP contribution in [-0.2, 0) is 4.79 Å². The van der Waals surface area contributed by atoms with E-state index < -0.39 is 24.3 Å². The molecule has 0 bridgehead atoms. The molecule has 0 aromatic heterocycles. The molecule has 0 atom stereocenters. The van der Waals surface area contributed by atoms with Gasteiger partial charge < -0.3 is 0 Å². The van der Waals surface area contributed by atoms with Crippen LogP contribution in [0.2, 0.25) is 13.3 Å². The van der Waals surface area contributed by atoms with Crippen LogP contribution in [0.1, 0.15) is 59.3 Å². The molecule has 0 aromatic rings. The van der Waals surface area contributed by atoms with E-state index in [9.17, 15) is 9.90 Å². The molecule has 0 fully saturated rings. The maximum absolute atomic E-state index is 10.7. The fraction of sp³-hybridized carbons (Fsp3) is 0.800. The third-order valence-electron chi connectivity index (χ3n) is 3.66. The predicted molar refractivity (Wildman–Crippen MR) is 79.0 cm³/mol. The van der Waals surface area contributed by atoms with Crippen LogP contribution < -0.4 is 5.11 Å². The molecule has 0 rings (SSSR count). The molecule has 0 unspecified atom stereocenters. The monoisotopic (exact) mass is 361 g/mol. The van der Waals surface area contributed by atoms with Crippen LogP contribution in [0, 0.1) is 0 Å². The van der Waals surface area contributed by atoms with E-state index in [-0.39, 0.29) is 0 Å². The van der Waals surface area contributed by atoms with E-state index in [1.54, 1.807) is 0 Å². The Kier molecular flexibility index (Phi) is 10.9. The summed E-state index contributed by atoms with van der Waals surface area (Å²) in [6.45, 7) is 6.66. The molecule has 0 aliphatic carbocycles. The molecule has 0 aliphatic rings. The van der Waals surface area contributed by atoms with Crippen LogP contribution in [0.25, 0.3) is 0 Å². The van der Waals surface area contributed by atoms with E-state index in [0.717, 1.165) is 0 Å². The van der Waals surface area contributed by atoms with Crippen molar-refractivity contribution in [1.29, 1.82) is 0 Å². The number of rotatable bonds is 11. The number of hydrogen-bond donors (Lipinski definition) is 0. The molecule has 0 radical (unpaired) electrons. The van der Waals surface area contributed by atoms with Crippen LogP contribution in [0.5, 0.6) is 0 Å². The molecular weight excluding hydrogens is 331 g/mol. The Morgan fingerprint density at radius 1 is 0.944 bits per heavy atom. The number of carbonyl (C=O) groups is 1. The van der Waals surface area contributed by atoms with Crippen LogP contribution in [-0.4, -0.2) is 24.3 Å². The zero-order chi connectivity index (χ0) is 13.9. The molecule has 3 heteroatoms. The molecule has 18 heavy (non-hydrogen) atoms. The van der Waals surface area contributed by atoms with Gasteiger partial charge >= 0.3 is 117 Å². The molecule has 0 saturated heterocycles. The zero-order valence-corrected chi connectivity index (χ0v) is 15.2. The molecule has 2 nitrogen and oxygen atoms in total. The van der Waals surface area contributed by atoms with Crippen LogP contribution in [0.4, 0.5) is 0 Å². The summed E-state index contributed by atoms with van der Waals surface area (Å²) in [4.78, 5) is 10.7. The summed E-state index contributed by atoms with van der Waals surface area (Å²) in [5, 5.41) is 10.7. The number of hydrogen-bond acceptors (Lipinski definition) is 2. The molecule has 0 aromatic carbocycles. The van der Waals surface area contributed by atoms with Crippen molar-refractivity contribution in [3.63, 3.8) is 0 Å². The van der Waals surface area contributed by atoms with Gasteiger partial charge in [0, 0.05) is 0 Å². The predicted octanol–water partition coefficient (Wildman–Crippen LogP) is 3.68. The van der Waals surface area contributed by atoms with E-state index in [4.69, 9.17) is 0 Å². The van der Waals surface area contributed by atoms with Crippen LogP contribution >= 0.6 is 0 Å². The second kappa shape index (κ2) is 10.9. The van der Waals surface area contributed by atoms with Gasteiger partial charge in [-0.2, -0.15) is 0 Å². The molecule has 0 spiro atoms. The van der Waals surface area contributed by atoms with Gasteiger partial charge in [0.05, 0.1) is 0 Å². The van der Waals surface area contributed by atoms with E-state index in [2.05, 4.69) is 24.9 Å². The summed E-state index contributed by atoms with van der Waals surface area (Å²) in [5.74, 6) is -1.01. The van der Waals surface area contributed by atoms with Crippen LogP contribution in [0.15, 0.2) is 10.2 Å². The summed E-state index contributed by atoms with van der Waals surface area (Å²) in [6.07, 6.45) is 8.79. The SMILES string of the molecule is CCC[CH2][Sn](/[CH]=C\C(=O)[O-])([CH2]CCC)[CH2]CCC. The van der Waals surface area contributed by atoms with E-state index in [1.165, 1.54) is 57.9 Å². The summed E-state index contributed by atoms with van der Waals surface area (Å²) in [6, 6.07) is 0. The van der Waals surface area contributed by atoms with E-state index in [1.807, 2.05) is 0 Å². The first-order valence-electron chi connectivity index (χ1n) is 7.50. The second-order valence-corrected chi connectivity index (χ2v) is 18.3. The molecular formula is C15H29O2Sn-. The van der Waals surface area contributed by atoms with Crippen molar-refractivity contribution in [2.24, 2.45) is 0 Å². The Labute approximate surface area is 117 Å². The van der Waals surface area contributed by atoms with E-state index >= 15 is 0 Å². The molecule has 0 saturated carbocycles. The Balaban J connectivity index is 4.78. The quantitative estimate of drug-likeness (QED) is 0.417. The number of carboxylic acids is 1. The fourth-order valence-electron chi connectivity index (χ4n) is 2.46. The first-order valence-corrected chi connectivity index (χ1v) is 15.2. The Morgan fingerprint density at radius 3 is 1.61 bits per heavy atom. The second-order valence-electron chi connectivity index (χ2n) is 5.33. The van der Waals surface area contributed by atoms with Crippen molar-refractivity contribution >= 4 is 24.3 Å². The van der Waals surface area contributed by atoms with Crippen molar-refractivity contribution in [2.75, 3.05) is 0 Å². The average molecular weight is 360 g/mol. The Morgan fingerprint density at radius 2 is 1.33 bits per heavy atom. The summed E-state index contributed by atoms with van der Waals surface area (Å²) < 4.78 is 6.07. The Hall–Kier alpha value is 0.00870. The standard InChI is InChI=1S/3C4H9.C3H3O2.Sn/c3*1-3-4-2;1-2-3(4)5;/h3*1,3-4H2,2H3;1-2H,(H,4,5);/p-1. The van der Waals surface area contributed by atoms with E-state index in [0.29, 0.717) is 0 Å². The van der Waals surface area contributed by atoms with Crippen molar-refractivity contribution in [3.05, 3.63) is 10.2 Å². The van der Waals surface area contributed by atoms with Crippen LogP contribution in [0.3, 0.4) is 0 Å². The number of carboxylic acid groups (broad SMARTS) is 1. The van der Waals surface area contributed by atoms with Gasteiger partial charge in [-0.05, 0) is 0 Å². The van der Waals surface area contributed by atoms with Gasteiger partial charge in [-0.25, -0.2) is 0 Å². The first kappa shape index (κ1) is 18.0. The van der Waals surface area contributed by atoms with Gasteiger partial charge in [-0.3, -0.25) is 0 Å². The van der Waals surface area contributed by atoms with Gasteiger partial charge in [0.2, 0.25) is 0 Å². The van der Waals surface area contributed by atoms with Gasteiger partial charge in [0.25, 0.3) is 0 Å². The molecule has 0 heterocycles. The van der Waals surface area contributed by atoms with Gasteiger partial charge in [0.1, 0.15) is 0 Å². The third kappa shape index (κ3) is 8.17. The molecule has 106 valence electrons. The topological polar surface area (TPSA) is 40.1 Å². The Bertz CT molecular complexity index is 227. The summed E-state index contributed by atoms with van der Waals surface area (Å²) in [7, 11) is 0. The van der Waals surface area contributed by atoms with Gasteiger partial charge in [0.15, 0.2) is 0 Å². The normalized spacial score (nSPS) is 12.2. The van der Waals surface area contributed by atoms with Gasteiger partial charge in [-0.1, -0.05) is 0 Å². The molecule has 0 N–H and O–H groups in total. The maximum atomic E-state index is 10.7. The number of aliphatic carboxylic acids is 1.